The fourth-order valence-corrected chi connectivity index (χ4v) is 6.10. The van der Waals surface area contributed by atoms with E-state index >= 15 is 0 Å². The molecule has 2 aliphatic heterocycles. The highest BCUT2D eigenvalue weighted by Gasteiger charge is 2.58. The highest BCUT2D eigenvalue weighted by molar-refractivity contribution is 5.87. The van der Waals surface area contributed by atoms with Gasteiger partial charge in [-0.2, -0.15) is 0 Å². The Balaban J connectivity index is 1.54. The molecule has 1 saturated carbocycles. The second-order valence-corrected chi connectivity index (χ2v) is 9.52. The molecule has 4 atom stereocenters. The first-order chi connectivity index (χ1) is 16.5. The summed E-state index contributed by atoms with van der Waals surface area (Å²) in [5, 5.41) is 10.3. The standard InChI is InChI=1S/C27H30N2O5/c1-34-27(33)24-21(16-30)20-15-28-22(23(20)29(24)26(32)18-9-5-6-10-18)14-13-19(25(28)31)12-11-17-7-3-2-4-8-17/h2-4,7-8,11-14,18,20-21,23-24,30H,5-6,9-10,15-16H2,1H3/b12-11+/t20-,21-,23+,24-/m0/s1. The van der Waals surface area contributed by atoms with Crippen molar-refractivity contribution in [3.05, 3.63) is 69.6 Å². The third-order valence-electron chi connectivity index (χ3n) is 7.76. The quantitative estimate of drug-likeness (QED) is 0.691. The zero-order chi connectivity index (χ0) is 23.8. The van der Waals surface area contributed by atoms with Crippen LogP contribution in [-0.4, -0.2) is 46.2 Å². The minimum absolute atomic E-state index is 0.0622. The molecule has 1 saturated heterocycles. The van der Waals surface area contributed by atoms with Gasteiger partial charge in [0.15, 0.2) is 0 Å². The molecule has 3 aliphatic rings. The van der Waals surface area contributed by atoms with E-state index in [1.165, 1.54) is 7.11 Å². The molecule has 0 radical (unpaired) electrons. The summed E-state index contributed by atoms with van der Waals surface area (Å²) in [7, 11) is 1.31. The van der Waals surface area contributed by atoms with E-state index in [0.29, 0.717) is 12.1 Å². The number of ether oxygens (including phenoxy) is 1. The number of hydrogen-bond donors (Lipinski definition) is 1. The summed E-state index contributed by atoms with van der Waals surface area (Å²) in [4.78, 5) is 41.4. The van der Waals surface area contributed by atoms with Gasteiger partial charge in [-0.15, -0.1) is 0 Å². The molecule has 2 fully saturated rings. The highest BCUT2D eigenvalue weighted by atomic mass is 16.5. The lowest BCUT2D eigenvalue weighted by Crippen LogP contribution is -2.48. The largest absolute Gasteiger partial charge is 0.467 e. The Kier molecular flexibility index (Phi) is 6.13. The fourth-order valence-electron chi connectivity index (χ4n) is 6.10. The van der Waals surface area contributed by atoms with Crippen molar-refractivity contribution < 1.29 is 19.4 Å². The molecule has 1 N–H and O–H groups in total. The van der Waals surface area contributed by atoms with E-state index in [2.05, 4.69) is 0 Å². The van der Waals surface area contributed by atoms with Crippen molar-refractivity contribution in [1.82, 2.24) is 9.47 Å². The van der Waals surface area contributed by atoms with Crippen molar-refractivity contribution >= 4 is 24.0 Å². The fraction of sp³-hybridized carbons (Fsp3) is 0.444. The number of carbonyl (C=O) groups excluding carboxylic acids is 2. The molecule has 0 spiro atoms. The van der Waals surface area contributed by atoms with Crippen LogP contribution >= 0.6 is 0 Å². The topological polar surface area (TPSA) is 88.8 Å². The van der Waals surface area contributed by atoms with Crippen molar-refractivity contribution in [2.75, 3.05) is 13.7 Å². The van der Waals surface area contributed by atoms with Crippen LogP contribution in [-0.2, 0) is 20.9 Å². The van der Waals surface area contributed by atoms with Crippen molar-refractivity contribution in [1.29, 1.82) is 0 Å². The molecule has 0 unspecified atom stereocenters. The lowest BCUT2D eigenvalue weighted by Gasteiger charge is -2.32. The molecule has 34 heavy (non-hydrogen) atoms. The maximum absolute atomic E-state index is 13.6. The summed E-state index contributed by atoms with van der Waals surface area (Å²) in [5.74, 6) is -1.39. The van der Waals surface area contributed by atoms with E-state index in [1.54, 1.807) is 21.6 Å². The molecular weight excluding hydrogens is 432 g/mol. The lowest BCUT2D eigenvalue weighted by atomic mass is 9.88. The molecule has 1 aliphatic carbocycles. The first kappa shape index (κ1) is 22.6. The Morgan fingerprint density at radius 1 is 1.09 bits per heavy atom. The number of likely N-dealkylation sites (tertiary alicyclic amines) is 1. The predicted octanol–water partition coefficient (Wildman–Crippen LogP) is 2.87. The van der Waals surface area contributed by atoms with Gasteiger partial charge in [0.2, 0.25) is 5.91 Å². The molecule has 1 amide bonds. The smallest absolute Gasteiger partial charge is 0.328 e. The molecule has 178 valence electrons. The summed E-state index contributed by atoms with van der Waals surface area (Å²) in [5.41, 5.74) is 2.16. The van der Waals surface area contributed by atoms with Gasteiger partial charge in [-0.1, -0.05) is 49.2 Å². The van der Waals surface area contributed by atoms with E-state index < -0.39 is 24.0 Å². The molecule has 5 rings (SSSR count). The van der Waals surface area contributed by atoms with Gasteiger partial charge in [-0.25, -0.2) is 4.79 Å². The van der Waals surface area contributed by atoms with Crippen LogP contribution in [0.2, 0.25) is 0 Å². The van der Waals surface area contributed by atoms with Crippen molar-refractivity contribution in [3.8, 4) is 0 Å². The van der Waals surface area contributed by atoms with Crippen molar-refractivity contribution in [3.63, 3.8) is 0 Å². The zero-order valence-corrected chi connectivity index (χ0v) is 19.3. The average molecular weight is 463 g/mol. The van der Waals surface area contributed by atoms with Crippen LogP contribution < -0.4 is 5.56 Å². The number of carbonyl (C=O) groups is 2. The minimum Gasteiger partial charge on any atom is -0.467 e. The number of amides is 1. The number of hydrogen-bond acceptors (Lipinski definition) is 5. The Bertz CT molecular complexity index is 1170. The normalized spacial score (nSPS) is 26.1. The number of esters is 1. The second-order valence-electron chi connectivity index (χ2n) is 9.52. The third-order valence-corrected chi connectivity index (χ3v) is 7.76. The minimum atomic E-state index is -0.834. The summed E-state index contributed by atoms with van der Waals surface area (Å²) in [6, 6.07) is 12.2. The van der Waals surface area contributed by atoms with E-state index in [-0.39, 0.29) is 29.9 Å². The highest BCUT2D eigenvalue weighted by Crippen LogP contribution is 2.50. The number of aliphatic hydroxyl groups excluding tert-OH is 1. The van der Waals surface area contributed by atoms with Gasteiger partial charge in [0.05, 0.1) is 13.2 Å². The van der Waals surface area contributed by atoms with Gasteiger partial charge in [-0.05, 0) is 36.6 Å². The Labute approximate surface area is 198 Å². The Morgan fingerprint density at radius 2 is 1.82 bits per heavy atom. The van der Waals surface area contributed by atoms with Crippen molar-refractivity contribution in [2.45, 2.75) is 44.3 Å². The van der Waals surface area contributed by atoms with Crippen LogP contribution in [0.15, 0.2) is 47.3 Å². The molecule has 3 heterocycles. The number of aliphatic hydroxyl groups is 1. The maximum Gasteiger partial charge on any atom is 0.328 e. The van der Waals surface area contributed by atoms with Gasteiger partial charge in [0.25, 0.3) is 5.56 Å². The van der Waals surface area contributed by atoms with E-state index in [4.69, 9.17) is 4.74 Å². The number of pyridine rings is 1. The van der Waals surface area contributed by atoms with Gasteiger partial charge >= 0.3 is 5.97 Å². The molecule has 7 heteroatoms. The van der Waals surface area contributed by atoms with Crippen LogP contribution in [0.25, 0.3) is 12.2 Å². The summed E-state index contributed by atoms with van der Waals surface area (Å²) in [6.45, 7) is 0.109. The molecule has 1 aromatic carbocycles. The van der Waals surface area contributed by atoms with Crippen LogP contribution in [0, 0.1) is 17.8 Å². The SMILES string of the molecule is COC(=O)[C@@H]1[C@@H](CO)[C@@H]2Cn3c(ccc(/C=C/c4ccccc4)c3=O)[C@@H]2N1C(=O)C1CCCC1. The first-order valence-electron chi connectivity index (χ1n) is 12.0. The predicted molar refractivity (Wildman–Crippen MR) is 127 cm³/mol. The van der Waals surface area contributed by atoms with E-state index in [1.807, 2.05) is 42.5 Å². The number of benzene rings is 1. The van der Waals surface area contributed by atoms with E-state index in [0.717, 1.165) is 36.9 Å². The molecule has 2 aromatic rings. The maximum atomic E-state index is 13.6. The van der Waals surface area contributed by atoms with Crippen molar-refractivity contribution in [2.24, 2.45) is 17.8 Å². The monoisotopic (exact) mass is 462 g/mol. The van der Waals surface area contributed by atoms with Gasteiger partial charge in [0.1, 0.15) is 6.04 Å². The lowest BCUT2D eigenvalue weighted by molar-refractivity contribution is -0.155. The first-order valence-corrected chi connectivity index (χ1v) is 12.0. The summed E-state index contributed by atoms with van der Waals surface area (Å²) < 4.78 is 6.77. The second kappa shape index (κ2) is 9.22. The number of rotatable bonds is 5. The van der Waals surface area contributed by atoms with E-state index in [9.17, 15) is 19.5 Å². The summed E-state index contributed by atoms with van der Waals surface area (Å²) >= 11 is 0. The Hall–Kier alpha value is -3.19. The number of nitrogens with zero attached hydrogens (tertiary/aromatic N) is 2. The number of methoxy groups -OCH3 is 1. The van der Waals surface area contributed by atoms with Crippen LogP contribution in [0.1, 0.15) is 48.5 Å². The number of aromatic nitrogens is 1. The average Bonchev–Trinajstić information content (AvgIpc) is 3.59. The molecule has 7 nitrogen and oxygen atoms in total. The van der Waals surface area contributed by atoms with Gasteiger partial charge in [0, 0.05) is 42.2 Å². The molecular formula is C27H30N2O5. The van der Waals surface area contributed by atoms with Gasteiger partial charge in [-0.3, -0.25) is 9.59 Å². The summed E-state index contributed by atoms with van der Waals surface area (Å²) in [6.07, 6.45) is 7.32. The zero-order valence-electron chi connectivity index (χ0n) is 19.3. The van der Waals surface area contributed by atoms with Crippen LogP contribution in [0.5, 0.6) is 0 Å². The van der Waals surface area contributed by atoms with Crippen LogP contribution in [0.3, 0.4) is 0 Å². The van der Waals surface area contributed by atoms with Gasteiger partial charge < -0.3 is 19.3 Å². The molecule has 0 bridgehead atoms. The molecule has 1 aromatic heterocycles. The number of fused-ring (bicyclic) bond motifs is 3. The Morgan fingerprint density at radius 3 is 2.50 bits per heavy atom. The third kappa shape index (κ3) is 3.68. The van der Waals surface area contributed by atoms with Crippen LogP contribution in [0.4, 0.5) is 0 Å².